The number of carbonyl (C=O) groups is 1. The van der Waals surface area contributed by atoms with E-state index in [1.165, 1.54) is 35.1 Å². The highest BCUT2D eigenvalue weighted by atomic mass is 16.1. The number of hydrogen-bond acceptors (Lipinski definition) is 3. The van der Waals surface area contributed by atoms with Crippen LogP contribution in [0.1, 0.15) is 73.1 Å². The Balaban J connectivity index is 1.53. The summed E-state index contributed by atoms with van der Waals surface area (Å²) < 4.78 is 0. The van der Waals surface area contributed by atoms with Crippen LogP contribution in [0.4, 0.5) is 0 Å². The van der Waals surface area contributed by atoms with Crippen molar-refractivity contribution in [2.45, 2.75) is 65.1 Å². The Morgan fingerprint density at radius 3 is 2.25 bits per heavy atom. The minimum Gasteiger partial charge on any atom is -0.362 e. The molecule has 0 aromatic heterocycles. The summed E-state index contributed by atoms with van der Waals surface area (Å²) in [5.41, 5.74) is 11.7. The van der Waals surface area contributed by atoms with Crippen molar-refractivity contribution >= 4 is 5.78 Å². The Labute approximate surface area is 216 Å². The van der Waals surface area contributed by atoms with Gasteiger partial charge in [-0.05, 0) is 62.6 Å². The average Bonchev–Trinajstić information content (AvgIpc) is 3.09. The van der Waals surface area contributed by atoms with Gasteiger partial charge in [-0.1, -0.05) is 79.8 Å². The fourth-order valence-corrected chi connectivity index (χ4v) is 6.77. The van der Waals surface area contributed by atoms with Gasteiger partial charge in [-0.25, -0.2) is 0 Å². The normalized spacial score (nSPS) is 24.6. The first-order chi connectivity index (χ1) is 17.4. The summed E-state index contributed by atoms with van der Waals surface area (Å²) in [5.74, 6) is 0.674. The van der Waals surface area contributed by atoms with Crippen LogP contribution in [0.5, 0.6) is 0 Å². The zero-order valence-corrected chi connectivity index (χ0v) is 22.1. The van der Waals surface area contributed by atoms with E-state index in [9.17, 15) is 4.79 Å². The molecule has 36 heavy (non-hydrogen) atoms. The van der Waals surface area contributed by atoms with E-state index in [4.69, 9.17) is 0 Å². The number of benzene rings is 2. The van der Waals surface area contributed by atoms with Crippen molar-refractivity contribution in [3.8, 4) is 0 Å². The van der Waals surface area contributed by atoms with E-state index in [2.05, 4.69) is 91.4 Å². The standard InChI is InChI=1S/C33H38N2O/c1-6-32(26-18-22(2)17-23(3)19-26)34-20-27-15-16-28(21-34)35(27)33(29-12-8-7-11-24(29)4)31-14-10-9-13-30(31)25(5)36/h7-14,18-19,22,27-28,33H,1,15-17,20-21H2,2-5H3. The van der Waals surface area contributed by atoms with Crippen LogP contribution in [0.2, 0.25) is 0 Å². The van der Waals surface area contributed by atoms with Crippen LogP contribution in [0, 0.1) is 12.8 Å². The van der Waals surface area contributed by atoms with Crippen LogP contribution >= 0.6 is 0 Å². The van der Waals surface area contributed by atoms with Gasteiger partial charge in [0.2, 0.25) is 0 Å². The molecular weight excluding hydrogens is 440 g/mol. The molecule has 2 aromatic rings. The van der Waals surface area contributed by atoms with Crippen LogP contribution in [0.25, 0.3) is 0 Å². The molecule has 0 amide bonds. The molecule has 2 bridgehead atoms. The van der Waals surface area contributed by atoms with Gasteiger partial charge in [-0.2, -0.15) is 0 Å². The van der Waals surface area contributed by atoms with Gasteiger partial charge in [0, 0.05) is 36.3 Å². The summed E-state index contributed by atoms with van der Waals surface area (Å²) in [4.78, 5) is 17.9. The maximum atomic E-state index is 12.7. The highest BCUT2D eigenvalue weighted by Gasteiger charge is 2.45. The van der Waals surface area contributed by atoms with Gasteiger partial charge >= 0.3 is 0 Å². The number of carbonyl (C=O) groups excluding carboxylic acids is 1. The van der Waals surface area contributed by atoms with Crippen molar-refractivity contribution in [1.29, 1.82) is 0 Å². The van der Waals surface area contributed by atoms with Crippen molar-refractivity contribution in [2.24, 2.45) is 5.92 Å². The van der Waals surface area contributed by atoms with E-state index in [1.54, 1.807) is 6.92 Å². The largest absolute Gasteiger partial charge is 0.362 e. The highest BCUT2D eigenvalue weighted by Crippen LogP contribution is 2.44. The molecule has 2 aliphatic heterocycles. The Hall–Kier alpha value is -3.13. The number of piperazine rings is 1. The average molecular weight is 479 g/mol. The van der Waals surface area contributed by atoms with E-state index in [0.717, 1.165) is 36.3 Å². The molecule has 3 heteroatoms. The van der Waals surface area contributed by atoms with Crippen LogP contribution < -0.4 is 0 Å². The maximum absolute atomic E-state index is 12.7. The molecule has 0 spiro atoms. The maximum Gasteiger partial charge on any atom is 0.160 e. The summed E-state index contributed by atoms with van der Waals surface area (Å²) in [6.07, 6.45) is 8.16. The van der Waals surface area contributed by atoms with Crippen LogP contribution in [-0.2, 0) is 0 Å². The Morgan fingerprint density at radius 2 is 1.64 bits per heavy atom. The first-order valence-electron chi connectivity index (χ1n) is 13.3. The Morgan fingerprint density at radius 1 is 1.00 bits per heavy atom. The molecule has 4 unspecified atom stereocenters. The van der Waals surface area contributed by atoms with E-state index in [0.29, 0.717) is 18.0 Å². The molecule has 186 valence electrons. The van der Waals surface area contributed by atoms with Gasteiger partial charge in [0.25, 0.3) is 0 Å². The molecule has 0 radical (unpaired) electrons. The molecule has 3 nitrogen and oxygen atoms in total. The number of allylic oxidation sites excluding steroid dienone is 3. The van der Waals surface area contributed by atoms with Crippen molar-refractivity contribution < 1.29 is 4.79 Å². The molecule has 3 aliphatic rings. The van der Waals surface area contributed by atoms with Gasteiger partial charge in [-0.15, -0.1) is 5.73 Å². The van der Waals surface area contributed by atoms with Gasteiger partial charge in [0.15, 0.2) is 5.78 Å². The number of nitrogens with zero attached hydrogens (tertiary/aromatic N) is 2. The first kappa shape index (κ1) is 24.6. The van der Waals surface area contributed by atoms with E-state index >= 15 is 0 Å². The number of ketones is 1. The van der Waals surface area contributed by atoms with Crippen LogP contribution in [0.3, 0.4) is 0 Å². The predicted octanol–water partition coefficient (Wildman–Crippen LogP) is 7.02. The molecule has 0 N–H and O–H groups in total. The second-order valence-corrected chi connectivity index (χ2v) is 11.0. The zero-order valence-electron chi connectivity index (χ0n) is 22.1. The predicted molar refractivity (Wildman–Crippen MR) is 148 cm³/mol. The summed E-state index contributed by atoms with van der Waals surface area (Å²) >= 11 is 0. The fraction of sp³-hybridized carbons (Fsp3) is 0.394. The molecule has 4 atom stereocenters. The summed E-state index contributed by atoms with van der Waals surface area (Å²) in [7, 11) is 0. The SMILES string of the molecule is C=C=C(C1=CC(C)CC(C)=C1)N1CC2CCC(C1)N2C(c1ccccc1C)c1ccccc1C(C)=O. The smallest absolute Gasteiger partial charge is 0.160 e. The van der Waals surface area contributed by atoms with E-state index in [-0.39, 0.29) is 11.8 Å². The van der Waals surface area contributed by atoms with Crippen molar-refractivity contribution in [1.82, 2.24) is 9.80 Å². The molecule has 1 aliphatic carbocycles. The Kier molecular flexibility index (Phi) is 6.88. The monoisotopic (exact) mass is 478 g/mol. The lowest BCUT2D eigenvalue weighted by atomic mass is 9.87. The Bertz CT molecular complexity index is 1260. The van der Waals surface area contributed by atoms with Gasteiger partial charge < -0.3 is 4.90 Å². The van der Waals surface area contributed by atoms with E-state index in [1.807, 2.05) is 12.1 Å². The number of rotatable bonds is 6. The number of hydrogen-bond donors (Lipinski definition) is 0. The van der Waals surface area contributed by atoms with E-state index < -0.39 is 0 Å². The van der Waals surface area contributed by atoms with Crippen LogP contribution in [-0.4, -0.2) is 40.8 Å². The summed E-state index contributed by atoms with van der Waals surface area (Å²) in [5, 5.41) is 0. The molecule has 2 heterocycles. The van der Waals surface area contributed by atoms with Gasteiger partial charge in [-0.3, -0.25) is 9.69 Å². The lowest BCUT2D eigenvalue weighted by Crippen LogP contribution is -2.54. The third-order valence-electron chi connectivity index (χ3n) is 8.22. The second kappa shape index (κ2) is 10.1. The van der Waals surface area contributed by atoms with Gasteiger partial charge in [0.05, 0.1) is 11.7 Å². The molecule has 2 saturated heterocycles. The quantitative estimate of drug-likeness (QED) is 0.329. The molecular formula is C33H38N2O. The molecule has 2 fully saturated rings. The minimum absolute atomic E-state index is 0.0677. The number of Topliss-reactive ketones (excluding diaryl/α,β-unsaturated/α-hetero) is 1. The van der Waals surface area contributed by atoms with Crippen molar-refractivity contribution in [3.05, 3.63) is 112 Å². The van der Waals surface area contributed by atoms with Crippen molar-refractivity contribution in [2.75, 3.05) is 13.1 Å². The molecule has 2 aromatic carbocycles. The molecule has 0 saturated carbocycles. The minimum atomic E-state index is 0.0677. The summed E-state index contributed by atoms with van der Waals surface area (Å²) in [6, 6.07) is 17.8. The number of fused-ring (bicyclic) bond motifs is 2. The van der Waals surface area contributed by atoms with Crippen molar-refractivity contribution in [3.63, 3.8) is 0 Å². The zero-order chi connectivity index (χ0) is 25.4. The lowest BCUT2D eigenvalue weighted by molar-refractivity contribution is 0.0613. The number of likely N-dealkylation sites (tertiary alicyclic amines) is 1. The summed E-state index contributed by atoms with van der Waals surface area (Å²) in [6.45, 7) is 14.4. The molecule has 5 rings (SSSR count). The van der Waals surface area contributed by atoms with Crippen LogP contribution in [0.15, 0.2) is 89.8 Å². The lowest BCUT2D eigenvalue weighted by Gasteiger charge is -2.47. The second-order valence-electron chi connectivity index (χ2n) is 11.0. The highest BCUT2D eigenvalue weighted by molar-refractivity contribution is 5.95. The third-order valence-corrected chi connectivity index (χ3v) is 8.22. The number of aryl methyl sites for hydroxylation is 1. The topological polar surface area (TPSA) is 23.6 Å². The third kappa shape index (κ3) is 4.54. The van der Waals surface area contributed by atoms with Gasteiger partial charge in [0.1, 0.15) is 0 Å². The fourth-order valence-electron chi connectivity index (χ4n) is 6.77. The first-order valence-corrected chi connectivity index (χ1v) is 13.3.